The molecule has 0 heterocycles. The summed E-state index contributed by atoms with van der Waals surface area (Å²) in [5, 5.41) is 4.78. The van der Waals surface area contributed by atoms with E-state index >= 15 is 0 Å². The minimum Gasteiger partial charge on any atom is -0.314 e. The fourth-order valence-corrected chi connectivity index (χ4v) is 4.38. The predicted octanol–water partition coefficient (Wildman–Crippen LogP) is 3.83. The third-order valence-corrected chi connectivity index (χ3v) is 5.44. The third-order valence-electron chi connectivity index (χ3n) is 4.21. The standard InChI is InChI=1S/C14H27NS/c1-2-16-14-9-8-13(10-14)15-11-12-6-4-3-5-7-12/h12-15H,2-11H2,1H3. The van der Waals surface area contributed by atoms with E-state index in [1.165, 1.54) is 63.7 Å². The van der Waals surface area contributed by atoms with E-state index in [0.717, 1.165) is 17.2 Å². The highest BCUT2D eigenvalue weighted by Crippen LogP contribution is 2.30. The van der Waals surface area contributed by atoms with Crippen LogP contribution >= 0.6 is 11.8 Å². The molecule has 0 spiro atoms. The van der Waals surface area contributed by atoms with Gasteiger partial charge in [0.15, 0.2) is 0 Å². The minimum absolute atomic E-state index is 0.839. The van der Waals surface area contributed by atoms with Crippen molar-refractivity contribution in [2.45, 2.75) is 69.6 Å². The number of hydrogen-bond acceptors (Lipinski definition) is 2. The van der Waals surface area contributed by atoms with E-state index in [1.807, 2.05) is 0 Å². The molecule has 2 atom stereocenters. The topological polar surface area (TPSA) is 12.0 Å². The summed E-state index contributed by atoms with van der Waals surface area (Å²) in [7, 11) is 0. The minimum atomic E-state index is 0.839. The van der Waals surface area contributed by atoms with Gasteiger partial charge in [-0.1, -0.05) is 26.2 Å². The van der Waals surface area contributed by atoms with Crippen LogP contribution in [-0.2, 0) is 0 Å². The van der Waals surface area contributed by atoms with E-state index in [0.29, 0.717) is 0 Å². The quantitative estimate of drug-likeness (QED) is 0.785. The summed E-state index contributed by atoms with van der Waals surface area (Å²) in [5.41, 5.74) is 0. The van der Waals surface area contributed by atoms with E-state index in [4.69, 9.17) is 0 Å². The Morgan fingerprint density at radius 3 is 2.62 bits per heavy atom. The van der Waals surface area contributed by atoms with Crippen LogP contribution in [0.15, 0.2) is 0 Å². The maximum atomic E-state index is 3.83. The highest BCUT2D eigenvalue weighted by molar-refractivity contribution is 7.99. The third kappa shape index (κ3) is 3.96. The molecule has 16 heavy (non-hydrogen) atoms. The summed E-state index contributed by atoms with van der Waals surface area (Å²) in [4.78, 5) is 0. The Bertz CT molecular complexity index is 189. The zero-order chi connectivity index (χ0) is 11.2. The van der Waals surface area contributed by atoms with Gasteiger partial charge < -0.3 is 5.32 Å². The lowest BCUT2D eigenvalue weighted by molar-refractivity contribution is 0.327. The number of rotatable bonds is 5. The summed E-state index contributed by atoms with van der Waals surface area (Å²) in [6, 6.07) is 0.839. The van der Waals surface area contributed by atoms with Crippen molar-refractivity contribution in [2.75, 3.05) is 12.3 Å². The van der Waals surface area contributed by atoms with Crippen molar-refractivity contribution in [1.82, 2.24) is 5.32 Å². The van der Waals surface area contributed by atoms with Gasteiger partial charge in [-0.25, -0.2) is 0 Å². The molecule has 0 aliphatic heterocycles. The van der Waals surface area contributed by atoms with Crippen LogP contribution in [0.2, 0.25) is 0 Å². The van der Waals surface area contributed by atoms with Crippen LogP contribution in [-0.4, -0.2) is 23.6 Å². The average molecular weight is 241 g/mol. The maximum Gasteiger partial charge on any atom is 0.00781 e. The molecule has 1 N–H and O–H groups in total. The van der Waals surface area contributed by atoms with Gasteiger partial charge in [-0.3, -0.25) is 0 Å². The summed E-state index contributed by atoms with van der Waals surface area (Å²) in [5.74, 6) is 2.28. The van der Waals surface area contributed by atoms with Crippen molar-refractivity contribution >= 4 is 11.8 Å². The van der Waals surface area contributed by atoms with E-state index in [-0.39, 0.29) is 0 Å². The Hall–Kier alpha value is 0.310. The summed E-state index contributed by atoms with van der Waals surface area (Å²) in [6.45, 7) is 3.58. The molecule has 2 aliphatic rings. The normalized spacial score (nSPS) is 32.1. The van der Waals surface area contributed by atoms with Crippen molar-refractivity contribution < 1.29 is 0 Å². The zero-order valence-corrected chi connectivity index (χ0v) is 11.5. The molecule has 0 aromatic rings. The van der Waals surface area contributed by atoms with Gasteiger partial charge in [-0.15, -0.1) is 0 Å². The highest BCUT2D eigenvalue weighted by Gasteiger charge is 2.24. The summed E-state index contributed by atoms with van der Waals surface area (Å²) < 4.78 is 0. The van der Waals surface area contributed by atoms with Crippen LogP contribution in [0.5, 0.6) is 0 Å². The molecule has 0 saturated heterocycles. The fourth-order valence-electron chi connectivity index (χ4n) is 3.24. The van der Waals surface area contributed by atoms with Gasteiger partial charge in [0.2, 0.25) is 0 Å². The molecule has 2 unspecified atom stereocenters. The lowest BCUT2D eigenvalue weighted by Crippen LogP contribution is -2.32. The van der Waals surface area contributed by atoms with Crippen LogP contribution in [0, 0.1) is 5.92 Å². The number of nitrogens with one attached hydrogen (secondary N) is 1. The molecule has 0 bridgehead atoms. The molecule has 0 aromatic carbocycles. The SMILES string of the molecule is CCSC1CCC(NCC2CCCCC2)C1. The van der Waals surface area contributed by atoms with Gasteiger partial charge in [0.1, 0.15) is 0 Å². The van der Waals surface area contributed by atoms with Gasteiger partial charge in [0, 0.05) is 11.3 Å². The van der Waals surface area contributed by atoms with Gasteiger partial charge in [-0.05, 0) is 50.3 Å². The molecule has 2 saturated carbocycles. The molecule has 94 valence electrons. The highest BCUT2D eigenvalue weighted by atomic mass is 32.2. The maximum absolute atomic E-state index is 3.83. The summed E-state index contributed by atoms with van der Waals surface area (Å²) >= 11 is 2.16. The Morgan fingerprint density at radius 2 is 1.88 bits per heavy atom. The molecule has 2 heteroatoms. The predicted molar refractivity (Wildman–Crippen MR) is 74.1 cm³/mol. The van der Waals surface area contributed by atoms with Gasteiger partial charge in [-0.2, -0.15) is 11.8 Å². The fraction of sp³-hybridized carbons (Fsp3) is 1.00. The number of thioether (sulfide) groups is 1. The lowest BCUT2D eigenvalue weighted by atomic mass is 9.89. The Morgan fingerprint density at radius 1 is 1.06 bits per heavy atom. The lowest BCUT2D eigenvalue weighted by Gasteiger charge is -2.24. The molecule has 0 aromatic heterocycles. The van der Waals surface area contributed by atoms with Crippen LogP contribution in [0.4, 0.5) is 0 Å². The van der Waals surface area contributed by atoms with Crippen molar-refractivity contribution in [3.63, 3.8) is 0 Å². The van der Waals surface area contributed by atoms with Gasteiger partial charge in [0.25, 0.3) is 0 Å². The first-order valence-corrected chi connectivity index (χ1v) is 8.28. The van der Waals surface area contributed by atoms with E-state index < -0.39 is 0 Å². The van der Waals surface area contributed by atoms with Crippen molar-refractivity contribution in [3.8, 4) is 0 Å². The molecular formula is C14H27NS. The number of hydrogen-bond donors (Lipinski definition) is 1. The largest absolute Gasteiger partial charge is 0.314 e. The van der Waals surface area contributed by atoms with Crippen LogP contribution in [0.25, 0.3) is 0 Å². The second-order valence-corrected chi connectivity index (χ2v) is 7.08. The van der Waals surface area contributed by atoms with E-state index in [1.54, 1.807) is 0 Å². The van der Waals surface area contributed by atoms with Gasteiger partial charge in [0.05, 0.1) is 0 Å². The molecule has 0 amide bonds. The zero-order valence-electron chi connectivity index (χ0n) is 10.7. The second-order valence-electron chi connectivity index (χ2n) is 5.50. The Labute approximate surface area is 105 Å². The first-order valence-electron chi connectivity index (χ1n) is 7.23. The Balaban J connectivity index is 1.59. The molecule has 1 nitrogen and oxygen atoms in total. The van der Waals surface area contributed by atoms with Crippen LogP contribution in [0.3, 0.4) is 0 Å². The first kappa shape index (κ1) is 12.8. The van der Waals surface area contributed by atoms with Gasteiger partial charge >= 0.3 is 0 Å². The van der Waals surface area contributed by atoms with Crippen molar-refractivity contribution in [2.24, 2.45) is 5.92 Å². The van der Waals surface area contributed by atoms with E-state index in [2.05, 4.69) is 24.0 Å². The van der Waals surface area contributed by atoms with Crippen molar-refractivity contribution in [1.29, 1.82) is 0 Å². The average Bonchev–Trinajstić information content (AvgIpc) is 2.76. The molecular weight excluding hydrogens is 214 g/mol. The second kappa shape index (κ2) is 6.90. The molecule has 2 aliphatic carbocycles. The van der Waals surface area contributed by atoms with Crippen LogP contribution < -0.4 is 5.32 Å². The monoisotopic (exact) mass is 241 g/mol. The van der Waals surface area contributed by atoms with E-state index in [9.17, 15) is 0 Å². The van der Waals surface area contributed by atoms with Crippen molar-refractivity contribution in [3.05, 3.63) is 0 Å². The smallest absolute Gasteiger partial charge is 0.00781 e. The first-order chi connectivity index (χ1) is 7.88. The Kier molecular flexibility index (Phi) is 5.51. The summed E-state index contributed by atoms with van der Waals surface area (Å²) in [6.07, 6.45) is 11.7. The molecule has 2 fully saturated rings. The molecule has 2 rings (SSSR count). The van der Waals surface area contributed by atoms with Crippen LogP contribution in [0.1, 0.15) is 58.3 Å². The molecule has 0 radical (unpaired) electrons.